The topological polar surface area (TPSA) is 88.8 Å². The summed E-state index contributed by atoms with van der Waals surface area (Å²) in [5, 5.41) is 9.05. The lowest BCUT2D eigenvalue weighted by atomic mass is 10.1. The van der Waals surface area contributed by atoms with Crippen molar-refractivity contribution in [2.24, 2.45) is 4.99 Å². The van der Waals surface area contributed by atoms with Crippen LogP contribution in [-0.4, -0.2) is 40.6 Å². The highest BCUT2D eigenvalue weighted by atomic mass is 32.2. The largest absolute Gasteiger partial charge is 0.457 e. The normalized spacial score (nSPS) is 16.6. The van der Waals surface area contributed by atoms with Gasteiger partial charge in [0.15, 0.2) is 9.84 Å². The van der Waals surface area contributed by atoms with Crippen molar-refractivity contribution in [1.82, 2.24) is 0 Å². The first kappa shape index (κ1) is 17.1. The van der Waals surface area contributed by atoms with E-state index in [1.807, 2.05) is 6.07 Å². The molecule has 6 nitrogen and oxygen atoms in total. The van der Waals surface area contributed by atoms with E-state index in [4.69, 9.17) is 18.8 Å². The molecular weight excluding hydrogens is 395 g/mol. The van der Waals surface area contributed by atoms with Gasteiger partial charge in [-0.1, -0.05) is 0 Å². The van der Waals surface area contributed by atoms with Gasteiger partial charge in [0.05, 0.1) is 16.5 Å². The molecule has 1 aliphatic carbocycles. The standard InChI is InChI=1S/C21H21FN2O4S/c1-27-9-3-8-24-18-5-4-17-19(6-7-20(21(17)18)29(2,25)26)28-16-11-14(13-23)10-15(22)12-16/h6-7,10-12H,3-5,8-9H2,1-2H3/i2D3. The monoisotopic (exact) mass is 419 g/mol. The number of fused-ring (bicyclic) bond motifs is 1. The lowest BCUT2D eigenvalue weighted by molar-refractivity contribution is 0.197. The highest BCUT2D eigenvalue weighted by molar-refractivity contribution is 7.90. The second kappa shape index (κ2) is 8.72. The number of aliphatic imine (C=N–C) groups is 1. The maximum Gasteiger partial charge on any atom is 0.176 e. The molecule has 0 bridgehead atoms. The Morgan fingerprint density at radius 1 is 1.31 bits per heavy atom. The Hall–Kier alpha value is -2.76. The Kier molecular flexibility index (Phi) is 5.15. The quantitative estimate of drug-likeness (QED) is 0.639. The summed E-state index contributed by atoms with van der Waals surface area (Å²) in [5.41, 5.74) is 1.23. The fourth-order valence-corrected chi connectivity index (χ4v) is 4.01. The van der Waals surface area contributed by atoms with Crippen LogP contribution < -0.4 is 4.74 Å². The molecule has 0 amide bonds. The van der Waals surface area contributed by atoms with Crippen molar-refractivity contribution in [2.45, 2.75) is 24.2 Å². The van der Waals surface area contributed by atoms with Crippen LogP contribution in [0.15, 0.2) is 40.2 Å². The number of nitrogens with zero attached hydrogens (tertiary/aromatic N) is 2. The van der Waals surface area contributed by atoms with Gasteiger partial charge in [-0.25, -0.2) is 12.8 Å². The molecule has 0 radical (unpaired) electrons. The molecule has 29 heavy (non-hydrogen) atoms. The maximum absolute atomic E-state index is 13.8. The van der Waals surface area contributed by atoms with Gasteiger partial charge in [0.1, 0.15) is 17.3 Å². The van der Waals surface area contributed by atoms with Crippen LogP contribution in [0.4, 0.5) is 4.39 Å². The molecule has 0 fully saturated rings. The maximum atomic E-state index is 13.8. The third kappa shape index (κ3) is 4.81. The van der Waals surface area contributed by atoms with Crippen LogP contribution in [0, 0.1) is 17.1 Å². The first-order chi connectivity index (χ1) is 15.1. The van der Waals surface area contributed by atoms with Crippen molar-refractivity contribution < 1.29 is 26.4 Å². The summed E-state index contributed by atoms with van der Waals surface area (Å²) in [6.07, 6.45) is -1.85. The summed E-state index contributed by atoms with van der Waals surface area (Å²) in [5.74, 6) is -0.334. The first-order valence-corrected chi connectivity index (χ1v) is 10.4. The van der Waals surface area contributed by atoms with E-state index in [9.17, 15) is 12.8 Å². The van der Waals surface area contributed by atoms with Crippen LogP contribution in [0.2, 0.25) is 0 Å². The molecule has 0 spiro atoms. The second-order valence-corrected chi connectivity index (χ2v) is 7.93. The van der Waals surface area contributed by atoms with Crippen molar-refractivity contribution in [3.63, 3.8) is 0 Å². The minimum absolute atomic E-state index is 0.0682. The fourth-order valence-electron chi connectivity index (χ4n) is 3.25. The molecule has 0 aliphatic heterocycles. The van der Waals surface area contributed by atoms with E-state index in [2.05, 4.69) is 4.99 Å². The lowest BCUT2D eigenvalue weighted by Crippen LogP contribution is -2.08. The summed E-state index contributed by atoms with van der Waals surface area (Å²) in [7, 11) is -3.08. The average Bonchev–Trinajstić information content (AvgIpc) is 3.14. The number of hydrogen-bond donors (Lipinski definition) is 0. The minimum Gasteiger partial charge on any atom is -0.457 e. The molecular formula is C21H21FN2O4S. The first-order valence-electron chi connectivity index (χ1n) is 10.4. The van der Waals surface area contributed by atoms with E-state index in [0.29, 0.717) is 43.7 Å². The highest BCUT2D eigenvalue weighted by Gasteiger charge is 2.29. The van der Waals surface area contributed by atoms with Gasteiger partial charge in [-0.15, -0.1) is 0 Å². The van der Waals surface area contributed by atoms with Crippen molar-refractivity contribution >= 4 is 15.5 Å². The molecule has 0 atom stereocenters. The van der Waals surface area contributed by atoms with Gasteiger partial charge in [-0.3, -0.25) is 4.99 Å². The molecule has 0 heterocycles. The lowest BCUT2D eigenvalue weighted by Gasteiger charge is -2.14. The van der Waals surface area contributed by atoms with Crippen molar-refractivity contribution in [1.29, 1.82) is 5.26 Å². The molecule has 0 aromatic heterocycles. The number of methoxy groups -OCH3 is 1. The predicted molar refractivity (Wildman–Crippen MR) is 107 cm³/mol. The number of rotatable bonds is 7. The van der Waals surface area contributed by atoms with E-state index < -0.39 is 21.8 Å². The molecule has 0 unspecified atom stereocenters. The number of ether oxygens (including phenoxy) is 2. The van der Waals surface area contributed by atoms with Crippen LogP contribution in [0.3, 0.4) is 0 Å². The van der Waals surface area contributed by atoms with Crippen molar-refractivity contribution in [3.05, 3.63) is 52.8 Å². The van der Waals surface area contributed by atoms with Gasteiger partial charge in [0.25, 0.3) is 0 Å². The zero-order valence-corrected chi connectivity index (χ0v) is 16.6. The Balaban J connectivity index is 2.11. The molecule has 0 saturated heterocycles. The van der Waals surface area contributed by atoms with Crippen LogP contribution in [0.5, 0.6) is 11.5 Å². The summed E-state index contributed by atoms with van der Waals surface area (Å²) >= 11 is 0. The number of benzene rings is 2. The van der Waals surface area contributed by atoms with Crippen LogP contribution >= 0.6 is 0 Å². The van der Waals surface area contributed by atoms with Gasteiger partial charge < -0.3 is 9.47 Å². The van der Waals surface area contributed by atoms with E-state index in [0.717, 1.165) is 12.1 Å². The average molecular weight is 419 g/mol. The summed E-state index contributed by atoms with van der Waals surface area (Å²) in [6.45, 7) is 0.865. The SMILES string of the molecule is [2H]C([2H])([2H])S(=O)(=O)c1ccc(Oc2cc(F)cc(C#N)c2)c2c1C(=NCCCOC)CC2. The van der Waals surface area contributed by atoms with Gasteiger partial charge in [-0.05, 0) is 43.5 Å². The predicted octanol–water partition coefficient (Wildman–Crippen LogP) is 3.66. The van der Waals surface area contributed by atoms with E-state index in [1.54, 1.807) is 7.11 Å². The molecule has 0 N–H and O–H groups in total. The van der Waals surface area contributed by atoms with Gasteiger partial charge in [0.2, 0.25) is 0 Å². The second-order valence-electron chi connectivity index (χ2n) is 6.48. The van der Waals surface area contributed by atoms with E-state index in [-0.39, 0.29) is 27.5 Å². The van der Waals surface area contributed by atoms with Crippen molar-refractivity contribution in [2.75, 3.05) is 26.4 Å². The highest BCUT2D eigenvalue weighted by Crippen LogP contribution is 2.38. The van der Waals surface area contributed by atoms with Gasteiger partial charge in [-0.2, -0.15) is 5.26 Å². The van der Waals surface area contributed by atoms with Gasteiger partial charge in [0, 0.05) is 53.5 Å². The molecule has 1 aliphatic rings. The third-order valence-electron chi connectivity index (χ3n) is 4.46. The number of nitriles is 1. The smallest absolute Gasteiger partial charge is 0.176 e. The summed E-state index contributed by atoms with van der Waals surface area (Å²) in [6, 6.07) is 7.90. The molecule has 2 aromatic rings. The zero-order chi connectivity index (χ0) is 23.5. The van der Waals surface area contributed by atoms with E-state index in [1.165, 1.54) is 18.2 Å². The summed E-state index contributed by atoms with van der Waals surface area (Å²) in [4.78, 5) is 4.14. The fraction of sp³-hybridized carbons (Fsp3) is 0.333. The molecule has 3 rings (SSSR count). The third-order valence-corrected chi connectivity index (χ3v) is 5.38. The van der Waals surface area contributed by atoms with Crippen LogP contribution in [-0.2, 0) is 21.0 Å². The minimum atomic E-state index is -4.64. The molecule has 2 aromatic carbocycles. The Morgan fingerprint density at radius 2 is 2.14 bits per heavy atom. The summed E-state index contributed by atoms with van der Waals surface area (Å²) < 4.78 is 72.6. The Labute approximate surface area is 173 Å². The Morgan fingerprint density at radius 3 is 2.86 bits per heavy atom. The molecule has 0 saturated carbocycles. The zero-order valence-electron chi connectivity index (χ0n) is 18.7. The molecule has 152 valence electrons. The number of sulfone groups is 1. The number of hydrogen-bond acceptors (Lipinski definition) is 6. The van der Waals surface area contributed by atoms with Crippen molar-refractivity contribution in [3.8, 4) is 17.6 Å². The van der Waals surface area contributed by atoms with Crippen LogP contribution in [0.1, 0.15) is 33.6 Å². The molecule has 8 heteroatoms. The number of halogens is 1. The van der Waals surface area contributed by atoms with E-state index >= 15 is 0 Å². The Bertz CT molecular complexity index is 1200. The van der Waals surface area contributed by atoms with Crippen LogP contribution in [0.25, 0.3) is 0 Å². The van der Waals surface area contributed by atoms with Gasteiger partial charge >= 0.3 is 0 Å².